The summed E-state index contributed by atoms with van der Waals surface area (Å²) < 4.78 is 6.97. The first-order valence-corrected chi connectivity index (χ1v) is 5.43. The molecule has 0 saturated carbocycles. The fourth-order valence-electron chi connectivity index (χ4n) is 1.44. The van der Waals surface area contributed by atoms with Crippen molar-refractivity contribution in [3.05, 3.63) is 34.6 Å². The lowest BCUT2D eigenvalue weighted by molar-refractivity contribution is 0.0696. The van der Waals surface area contributed by atoms with Gasteiger partial charge in [-0.3, -0.25) is 0 Å². The lowest BCUT2D eigenvalue weighted by atomic mass is 10.3. The van der Waals surface area contributed by atoms with Gasteiger partial charge in [0.15, 0.2) is 0 Å². The van der Waals surface area contributed by atoms with Crippen molar-refractivity contribution in [2.24, 2.45) is 7.05 Å². The molecule has 0 unspecified atom stereocenters. The molecule has 94 valence electrons. The molecule has 2 heterocycles. The lowest BCUT2D eigenvalue weighted by Crippen LogP contribution is -2.00. The largest absolute Gasteiger partial charge is 0.478 e. The van der Waals surface area contributed by atoms with Crippen molar-refractivity contribution in [3.63, 3.8) is 0 Å². The normalized spacial score (nSPS) is 10.4. The van der Waals surface area contributed by atoms with Gasteiger partial charge in [-0.2, -0.15) is 5.10 Å². The summed E-state index contributed by atoms with van der Waals surface area (Å²) >= 11 is 5.73. The number of carboxylic acid groups (broad SMARTS) is 1. The summed E-state index contributed by atoms with van der Waals surface area (Å²) in [4.78, 5) is 14.8. The second-order valence-corrected chi connectivity index (χ2v) is 4.06. The van der Waals surface area contributed by atoms with Crippen LogP contribution in [0.4, 0.5) is 0 Å². The quantitative estimate of drug-likeness (QED) is 0.863. The highest BCUT2D eigenvalue weighted by Crippen LogP contribution is 2.23. The van der Waals surface area contributed by atoms with Crippen LogP contribution in [0.25, 0.3) is 0 Å². The Morgan fingerprint density at radius 3 is 2.72 bits per heavy atom. The number of aryl methyl sites for hydroxylation is 2. The topological polar surface area (TPSA) is 77.2 Å². The average molecular weight is 268 g/mol. The molecule has 2 aromatic heterocycles. The van der Waals surface area contributed by atoms with Gasteiger partial charge in [0.25, 0.3) is 0 Å². The van der Waals surface area contributed by atoms with E-state index in [1.807, 2.05) is 6.92 Å². The van der Waals surface area contributed by atoms with Crippen molar-refractivity contribution in [1.29, 1.82) is 0 Å². The van der Waals surface area contributed by atoms with Crippen LogP contribution in [0.5, 0.6) is 11.8 Å². The smallest absolute Gasteiger partial charge is 0.335 e. The Labute approximate surface area is 108 Å². The average Bonchev–Trinajstić information content (AvgIpc) is 2.56. The molecule has 0 saturated heterocycles. The molecule has 1 N–H and O–H groups in total. The third-order valence-corrected chi connectivity index (χ3v) is 2.38. The SMILES string of the molecule is Cc1cc(Oc2cc(C(=O)O)cc(Cl)n2)n(C)n1. The van der Waals surface area contributed by atoms with Gasteiger partial charge in [0.2, 0.25) is 11.8 Å². The molecule has 7 heteroatoms. The van der Waals surface area contributed by atoms with Crippen LogP contribution in [0.15, 0.2) is 18.2 Å². The van der Waals surface area contributed by atoms with Crippen LogP contribution in [0, 0.1) is 6.92 Å². The van der Waals surface area contributed by atoms with Crippen LogP contribution in [-0.2, 0) is 7.05 Å². The van der Waals surface area contributed by atoms with Gasteiger partial charge in [0.1, 0.15) is 5.15 Å². The molecule has 2 aromatic rings. The van der Waals surface area contributed by atoms with Gasteiger partial charge in [-0.15, -0.1) is 0 Å². The van der Waals surface area contributed by atoms with Crippen LogP contribution < -0.4 is 4.74 Å². The monoisotopic (exact) mass is 267 g/mol. The van der Waals surface area contributed by atoms with Crippen molar-refractivity contribution < 1.29 is 14.6 Å². The van der Waals surface area contributed by atoms with Crippen LogP contribution in [0.1, 0.15) is 16.1 Å². The van der Waals surface area contributed by atoms with E-state index in [0.717, 1.165) is 5.69 Å². The summed E-state index contributed by atoms with van der Waals surface area (Å²) in [5, 5.41) is 13.1. The number of aromatic nitrogens is 3. The van der Waals surface area contributed by atoms with Gasteiger partial charge in [0.05, 0.1) is 11.3 Å². The van der Waals surface area contributed by atoms with Crippen LogP contribution in [-0.4, -0.2) is 25.8 Å². The number of rotatable bonds is 3. The number of aromatic carboxylic acids is 1. The second kappa shape index (κ2) is 4.66. The standard InChI is InChI=1S/C11H10ClN3O3/c1-6-3-10(15(2)14-6)18-9-5-7(11(16)17)4-8(12)13-9/h3-5H,1-2H3,(H,16,17). The number of halogens is 1. The molecule has 0 amide bonds. The maximum absolute atomic E-state index is 10.9. The van der Waals surface area contributed by atoms with E-state index in [2.05, 4.69) is 10.1 Å². The molecule has 0 atom stereocenters. The summed E-state index contributed by atoms with van der Waals surface area (Å²) in [5.74, 6) is -0.521. The van der Waals surface area contributed by atoms with E-state index in [9.17, 15) is 4.79 Å². The van der Waals surface area contributed by atoms with Crippen molar-refractivity contribution >= 4 is 17.6 Å². The summed E-state index contributed by atoms with van der Waals surface area (Å²) in [7, 11) is 1.71. The number of carbonyl (C=O) groups is 1. The first-order chi connectivity index (χ1) is 8.45. The van der Waals surface area contributed by atoms with Gasteiger partial charge < -0.3 is 9.84 Å². The summed E-state index contributed by atoms with van der Waals surface area (Å²) in [6, 6.07) is 4.27. The molecule has 0 radical (unpaired) electrons. The third kappa shape index (κ3) is 2.60. The van der Waals surface area contributed by atoms with E-state index in [1.54, 1.807) is 13.1 Å². The molecule has 0 spiro atoms. The van der Waals surface area contributed by atoms with E-state index in [-0.39, 0.29) is 16.6 Å². The highest BCUT2D eigenvalue weighted by molar-refractivity contribution is 6.29. The summed E-state index contributed by atoms with van der Waals surface area (Å²) in [6.45, 7) is 1.82. The molecule has 0 fully saturated rings. The fourth-order valence-corrected chi connectivity index (χ4v) is 1.64. The zero-order valence-corrected chi connectivity index (χ0v) is 10.5. The van der Waals surface area contributed by atoms with Crippen LogP contribution in [0.3, 0.4) is 0 Å². The predicted molar refractivity (Wildman–Crippen MR) is 64.2 cm³/mol. The molecule has 0 aliphatic carbocycles. The predicted octanol–water partition coefficient (Wildman–Crippen LogP) is 2.27. The van der Waals surface area contributed by atoms with Gasteiger partial charge in [-0.25, -0.2) is 14.5 Å². The van der Waals surface area contributed by atoms with Crippen molar-refractivity contribution in [2.75, 3.05) is 0 Å². The lowest BCUT2D eigenvalue weighted by Gasteiger charge is -2.05. The minimum absolute atomic E-state index is 0.0175. The first-order valence-electron chi connectivity index (χ1n) is 5.05. The number of ether oxygens (including phenoxy) is 1. The van der Waals surface area contributed by atoms with Crippen molar-refractivity contribution in [3.8, 4) is 11.8 Å². The second-order valence-electron chi connectivity index (χ2n) is 3.67. The minimum atomic E-state index is -1.09. The van der Waals surface area contributed by atoms with Gasteiger partial charge >= 0.3 is 5.97 Å². The molecular formula is C11H10ClN3O3. The number of hydrogen-bond acceptors (Lipinski definition) is 4. The molecular weight excluding hydrogens is 258 g/mol. The van der Waals surface area contributed by atoms with E-state index in [1.165, 1.54) is 16.8 Å². The minimum Gasteiger partial charge on any atom is -0.478 e. The van der Waals surface area contributed by atoms with Gasteiger partial charge in [-0.1, -0.05) is 11.6 Å². The molecule has 0 bridgehead atoms. The maximum atomic E-state index is 10.9. The summed E-state index contributed by atoms with van der Waals surface area (Å²) in [6.07, 6.45) is 0. The highest BCUT2D eigenvalue weighted by Gasteiger charge is 2.11. The van der Waals surface area contributed by atoms with E-state index in [0.29, 0.717) is 5.88 Å². The number of nitrogens with zero attached hydrogens (tertiary/aromatic N) is 3. The Morgan fingerprint density at radius 2 is 2.17 bits per heavy atom. The van der Waals surface area contributed by atoms with Crippen molar-refractivity contribution in [2.45, 2.75) is 6.92 Å². The number of pyridine rings is 1. The number of hydrogen-bond donors (Lipinski definition) is 1. The first kappa shape index (κ1) is 12.4. The highest BCUT2D eigenvalue weighted by atomic mass is 35.5. The molecule has 6 nitrogen and oxygen atoms in total. The molecule has 0 aromatic carbocycles. The zero-order valence-electron chi connectivity index (χ0n) is 9.72. The van der Waals surface area contributed by atoms with E-state index in [4.69, 9.17) is 21.4 Å². The van der Waals surface area contributed by atoms with Gasteiger partial charge in [-0.05, 0) is 13.0 Å². The Morgan fingerprint density at radius 1 is 1.44 bits per heavy atom. The Bertz CT molecular complexity index is 610. The van der Waals surface area contributed by atoms with E-state index < -0.39 is 5.97 Å². The fraction of sp³-hybridized carbons (Fsp3) is 0.182. The van der Waals surface area contributed by atoms with E-state index >= 15 is 0 Å². The van der Waals surface area contributed by atoms with Crippen LogP contribution >= 0.6 is 11.6 Å². The number of carboxylic acids is 1. The Hall–Kier alpha value is -2.08. The third-order valence-electron chi connectivity index (χ3n) is 2.19. The Balaban J connectivity index is 2.34. The summed E-state index contributed by atoms with van der Waals surface area (Å²) in [5.41, 5.74) is 0.803. The molecule has 2 rings (SSSR count). The molecule has 0 aliphatic rings. The van der Waals surface area contributed by atoms with Crippen molar-refractivity contribution in [1.82, 2.24) is 14.8 Å². The van der Waals surface area contributed by atoms with Crippen LogP contribution in [0.2, 0.25) is 5.15 Å². The molecule has 18 heavy (non-hydrogen) atoms. The Kier molecular flexibility index (Phi) is 3.20. The maximum Gasteiger partial charge on any atom is 0.335 e. The zero-order chi connectivity index (χ0) is 13.3. The van der Waals surface area contributed by atoms with Gasteiger partial charge in [0, 0.05) is 19.2 Å². The molecule has 0 aliphatic heterocycles.